The number of nitrogens with one attached hydrogen (secondary N) is 1. The number of nitrogens with zero attached hydrogens (tertiary/aromatic N) is 2. The maximum absolute atomic E-state index is 13.0. The molecule has 0 fully saturated rings. The summed E-state index contributed by atoms with van der Waals surface area (Å²) in [5.74, 6) is -0.257. The second kappa shape index (κ2) is 8.36. The van der Waals surface area contributed by atoms with Gasteiger partial charge in [-0.05, 0) is 32.9 Å². The van der Waals surface area contributed by atoms with Crippen LogP contribution in [0.1, 0.15) is 30.0 Å². The lowest BCUT2D eigenvalue weighted by molar-refractivity contribution is -0.121. The van der Waals surface area contributed by atoms with Gasteiger partial charge < -0.3 is 14.7 Å². The number of hydrogen-bond acceptors (Lipinski definition) is 4. The molecule has 2 amide bonds. The third-order valence-corrected chi connectivity index (χ3v) is 4.28. The van der Waals surface area contributed by atoms with Crippen molar-refractivity contribution in [1.29, 1.82) is 0 Å². The third-order valence-electron chi connectivity index (χ3n) is 3.65. The fraction of sp³-hybridized carbons (Fsp3) is 0.353. The van der Waals surface area contributed by atoms with Gasteiger partial charge in [-0.3, -0.25) is 9.59 Å². The van der Waals surface area contributed by atoms with E-state index in [1.54, 1.807) is 32.0 Å². The van der Waals surface area contributed by atoms with Gasteiger partial charge in [0, 0.05) is 18.7 Å². The monoisotopic (exact) mass is 383 g/mol. The second-order valence-corrected chi connectivity index (χ2v) is 6.15. The van der Waals surface area contributed by atoms with Crippen LogP contribution in [-0.2, 0) is 4.79 Å². The predicted molar refractivity (Wildman–Crippen MR) is 97.0 cm³/mol. The number of rotatable bonds is 6. The number of benzene rings is 1. The summed E-state index contributed by atoms with van der Waals surface area (Å²) in [6, 6.07) is 5.02. The summed E-state index contributed by atoms with van der Waals surface area (Å²) in [4.78, 5) is 26.2. The predicted octanol–water partition coefficient (Wildman–Crippen LogP) is 3.56. The average molecular weight is 384 g/mol. The van der Waals surface area contributed by atoms with Crippen LogP contribution in [0.2, 0.25) is 10.0 Å². The normalized spacial score (nSPS) is 10.6. The minimum absolute atomic E-state index is 0.0521. The fourth-order valence-electron chi connectivity index (χ4n) is 2.43. The maximum atomic E-state index is 13.0. The summed E-state index contributed by atoms with van der Waals surface area (Å²) >= 11 is 12.5. The molecule has 0 radical (unpaired) electrons. The number of aryl methyl sites for hydroxylation is 1. The van der Waals surface area contributed by atoms with E-state index >= 15 is 0 Å². The molecule has 2 aromatic rings. The Bertz CT molecular complexity index is 769. The number of carbonyl (C=O) groups is 2. The van der Waals surface area contributed by atoms with Crippen molar-refractivity contribution < 1.29 is 14.1 Å². The van der Waals surface area contributed by atoms with Gasteiger partial charge in [0.15, 0.2) is 0 Å². The fourth-order valence-corrected chi connectivity index (χ4v) is 3.01. The average Bonchev–Trinajstić information content (AvgIpc) is 2.93. The van der Waals surface area contributed by atoms with E-state index in [4.69, 9.17) is 27.7 Å². The lowest BCUT2D eigenvalue weighted by atomic mass is 10.0. The van der Waals surface area contributed by atoms with Crippen LogP contribution < -0.4 is 5.32 Å². The molecule has 1 aromatic carbocycles. The molecule has 8 heteroatoms. The van der Waals surface area contributed by atoms with Gasteiger partial charge in [-0.2, -0.15) is 0 Å². The number of likely N-dealkylation sites (N-methyl/N-ethyl adjacent to an activating group) is 2. The zero-order valence-corrected chi connectivity index (χ0v) is 15.7. The van der Waals surface area contributed by atoms with Gasteiger partial charge in [-0.1, -0.05) is 34.4 Å². The molecular weight excluding hydrogens is 365 g/mol. The Labute approximate surface area is 156 Å². The molecule has 0 atom stereocenters. The van der Waals surface area contributed by atoms with E-state index in [1.165, 1.54) is 4.90 Å². The van der Waals surface area contributed by atoms with Crippen molar-refractivity contribution in [1.82, 2.24) is 15.4 Å². The van der Waals surface area contributed by atoms with Crippen LogP contribution in [0.4, 0.5) is 0 Å². The Balaban J connectivity index is 2.44. The summed E-state index contributed by atoms with van der Waals surface area (Å²) < 4.78 is 5.21. The smallest absolute Gasteiger partial charge is 0.260 e. The molecule has 0 saturated carbocycles. The molecule has 1 aromatic heterocycles. The van der Waals surface area contributed by atoms with Crippen LogP contribution in [0, 0.1) is 6.92 Å². The first-order valence-electron chi connectivity index (χ1n) is 7.87. The summed E-state index contributed by atoms with van der Waals surface area (Å²) in [5, 5.41) is 7.37. The molecule has 0 aliphatic rings. The van der Waals surface area contributed by atoms with Gasteiger partial charge in [0.25, 0.3) is 5.91 Å². The first kappa shape index (κ1) is 19.3. The van der Waals surface area contributed by atoms with E-state index in [-0.39, 0.29) is 29.6 Å². The van der Waals surface area contributed by atoms with Crippen molar-refractivity contribution in [2.75, 3.05) is 19.6 Å². The lowest BCUT2D eigenvalue weighted by Gasteiger charge is -2.20. The standard InChI is InChI=1S/C17H19Cl2N3O3/c1-4-20-13(23)9-22(5-2)17(24)14-10(3)25-21-16(14)15-11(18)7-6-8-12(15)19/h6-8H,4-5,9H2,1-3H3,(H,20,23). The minimum Gasteiger partial charge on any atom is -0.360 e. The molecule has 25 heavy (non-hydrogen) atoms. The molecule has 0 unspecified atom stereocenters. The first-order chi connectivity index (χ1) is 11.9. The van der Waals surface area contributed by atoms with E-state index in [0.29, 0.717) is 34.5 Å². The zero-order valence-electron chi connectivity index (χ0n) is 14.2. The van der Waals surface area contributed by atoms with Gasteiger partial charge in [-0.15, -0.1) is 0 Å². The van der Waals surface area contributed by atoms with Crippen molar-refractivity contribution >= 4 is 35.0 Å². The van der Waals surface area contributed by atoms with Gasteiger partial charge >= 0.3 is 0 Å². The van der Waals surface area contributed by atoms with Crippen molar-refractivity contribution in [3.8, 4) is 11.3 Å². The molecule has 0 aliphatic carbocycles. The molecule has 134 valence electrons. The van der Waals surface area contributed by atoms with E-state index in [1.807, 2.05) is 6.92 Å². The van der Waals surface area contributed by atoms with Crippen molar-refractivity contribution in [3.63, 3.8) is 0 Å². The molecule has 6 nitrogen and oxygen atoms in total. The Morgan fingerprint density at radius 2 is 1.88 bits per heavy atom. The minimum atomic E-state index is -0.363. The Hall–Kier alpha value is -2.05. The highest BCUT2D eigenvalue weighted by Crippen LogP contribution is 2.37. The molecular formula is C17H19Cl2N3O3. The Kier molecular flexibility index (Phi) is 6.45. The molecule has 0 bridgehead atoms. The summed E-state index contributed by atoms with van der Waals surface area (Å²) in [6.07, 6.45) is 0. The van der Waals surface area contributed by atoms with Crippen molar-refractivity contribution in [3.05, 3.63) is 39.6 Å². The SMILES string of the molecule is CCNC(=O)CN(CC)C(=O)c1c(-c2c(Cl)cccc2Cl)noc1C. The van der Waals surface area contributed by atoms with Crippen LogP contribution in [0.5, 0.6) is 0 Å². The molecule has 1 heterocycles. The highest BCUT2D eigenvalue weighted by Gasteiger charge is 2.28. The Morgan fingerprint density at radius 1 is 1.24 bits per heavy atom. The Morgan fingerprint density at radius 3 is 2.44 bits per heavy atom. The van der Waals surface area contributed by atoms with Gasteiger partial charge in [0.2, 0.25) is 5.91 Å². The number of aromatic nitrogens is 1. The largest absolute Gasteiger partial charge is 0.360 e. The highest BCUT2D eigenvalue weighted by molar-refractivity contribution is 6.39. The summed E-state index contributed by atoms with van der Waals surface area (Å²) in [5.41, 5.74) is 0.952. The van der Waals surface area contributed by atoms with Crippen molar-refractivity contribution in [2.45, 2.75) is 20.8 Å². The summed E-state index contributed by atoms with van der Waals surface area (Å²) in [6.45, 7) is 6.05. The van der Waals surface area contributed by atoms with E-state index in [0.717, 1.165) is 0 Å². The number of hydrogen-bond donors (Lipinski definition) is 1. The van der Waals surface area contributed by atoms with E-state index in [2.05, 4.69) is 10.5 Å². The van der Waals surface area contributed by atoms with Crippen LogP contribution >= 0.6 is 23.2 Å². The van der Waals surface area contributed by atoms with E-state index < -0.39 is 0 Å². The third kappa shape index (κ3) is 4.14. The lowest BCUT2D eigenvalue weighted by Crippen LogP contribution is -2.40. The summed E-state index contributed by atoms with van der Waals surface area (Å²) in [7, 11) is 0. The van der Waals surface area contributed by atoms with Gasteiger partial charge in [-0.25, -0.2) is 0 Å². The van der Waals surface area contributed by atoms with Crippen LogP contribution in [0.15, 0.2) is 22.7 Å². The quantitative estimate of drug-likeness (QED) is 0.827. The van der Waals surface area contributed by atoms with Gasteiger partial charge in [0.1, 0.15) is 17.0 Å². The van der Waals surface area contributed by atoms with Crippen LogP contribution in [0.25, 0.3) is 11.3 Å². The zero-order chi connectivity index (χ0) is 18.6. The van der Waals surface area contributed by atoms with E-state index in [9.17, 15) is 9.59 Å². The van der Waals surface area contributed by atoms with Crippen LogP contribution in [0.3, 0.4) is 0 Å². The number of carbonyl (C=O) groups excluding carboxylic acids is 2. The maximum Gasteiger partial charge on any atom is 0.260 e. The molecule has 1 N–H and O–H groups in total. The number of halogens is 2. The molecule has 0 saturated heterocycles. The number of amides is 2. The topological polar surface area (TPSA) is 75.4 Å². The van der Waals surface area contributed by atoms with Crippen molar-refractivity contribution in [2.24, 2.45) is 0 Å². The van der Waals surface area contributed by atoms with Gasteiger partial charge in [0.05, 0.1) is 16.6 Å². The molecule has 0 aliphatic heterocycles. The molecule has 0 spiro atoms. The second-order valence-electron chi connectivity index (χ2n) is 5.33. The highest BCUT2D eigenvalue weighted by atomic mass is 35.5. The first-order valence-corrected chi connectivity index (χ1v) is 8.62. The van der Waals surface area contributed by atoms with Crippen LogP contribution in [-0.4, -0.2) is 41.5 Å². The molecule has 2 rings (SSSR count).